The first-order chi connectivity index (χ1) is 10.8. The highest BCUT2D eigenvalue weighted by Gasteiger charge is 2.55. The zero-order chi connectivity index (χ0) is 17.3. The second-order valence-corrected chi connectivity index (χ2v) is 6.34. The molecule has 0 aliphatic heterocycles. The van der Waals surface area contributed by atoms with Crippen molar-refractivity contribution in [1.29, 1.82) is 0 Å². The number of carbonyl (C=O) groups excluding carboxylic acids is 1. The second-order valence-electron chi connectivity index (χ2n) is 6.34. The van der Waals surface area contributed by atoms with E-state index >= 15 is 0 Å². The predicted octanol–water partition coefficient (Wildman–Crippen LogP) is 0.983. The molecule has 1 aliphatic rings. The van der Waals surface area contributed by atoms with Gasteiger partial charge in [-0.05, 0) is 37.5 Å². The average molecular weight is 323 g/mol. The minimum Gasteiger partial charge on any atom is -0.493 e. The van der Waals surface area contributed by atoms with Crippen LogP contribution in [0.4, 0.5) is 0 Å². The van der Waals surface area contributed by atoms with Crippen molar-refractivity contribution in [2.24, 2.45) is 0 Å². The summed E-state index contributed by atoms with van der Waals surface area (Å²) in [7, 11) is 4.64. The van der Waals surface area contributed by atoms with Crippen molar-refractivity contribution in [2.75, 3.05) is 21.3 Å². The Morgan fingerprint density at radius 2 is 1.96 bits per heavy atom. The van der Waals surface area contributed by atoms with E-state index < -0.39 is 17.1 Å². The van der Waals surface area contributed by atoms with E-state index in [2.05, 4.69) is 5.32 Å². The number of hydrogen-bond acceptors (Lipinski definition) is 5. The molecule has 0 bridgehead atoms. The van der Waals surface area contributed by atoms with Crippen LogP contribution in [-0.2, 0) is 10.2 Å². The Labute approximate surface area is 136 Å². The topological polar surface area (TPSA) is 88.0 Å². The van der Waals surface area contributed by atoms with Gasteiger partial charge in [0, 0.05) is 18.9 Å². The van der Waals surface area contributed by atoms with E-state index in [1.165, 1.54) is 7.11 Å². The summed E-state index contributed by atoms with van der Waals surface area (Å²) < 4.78 is 10.6. The quantitative estimate of drug-likeness (QED) is 0.752. The monoisotopic (exact) mass is 323 g/mol. The van der Waals surface area contributed by atoms with E-state index in [9.17, 15) is 15.0 Å². The van der Waals surface area contributed by atoms with Crippen LogP contribution in [-0.4, -0.2) is 49.1 Å². The molecule has 6 heteroatoms. The fourth-order valence-corrected chi connectivity index (χ4v) is 3.45. The third-order valence-corrected chi connectivity index (χ3v) is 4.90. The van der Waals surface area contributed by atoms with Crippen LogP contribution >= 0.6 is 0 Å². The van der Waals surface area contributed by atoms with Crippen molar-refractivity contribution in [3.05, 3.63) is 23.8 Å². The molecule has 1 unspecified atom stereocenters. The number of aliphatic hydroxyl groups excluding tert-OH is 1. The summed E-state index contributed by atoms with van der Waals surface area (Å²) in [5, 5.41) is 23.8. The van der Waals surface area contributed by atoms with E-state index in [0.717, 1.165) is 5.56 Å². The Hall–Kier alpha value is -1.79. The minimum atomic E-state index is -1.23. The summed E-state index contributed by atoms with van der Waals surface area (Å²) in [6, 6.07) is 5.33. The van der Waals surface area contributed by atoms with Crippen LogP contribution in [0.3, 0.4) is 0 Å². The first-order valence-corrected chi connectivity index (χ1v) is 7.64. The molecule has 1 aliphatic carbocycles. The van der Waals surface area contributed by atoms with Gasteiger partial charge in [0.15, 0.2) is 11.5 Å². The number of hydrogen-bond donors (Lipinski definition) is 3. The van der Waals surface area contributed by atoms with Crippen molar-refractivity contribution in [3.8, 4) is 11.5 Å². The molecule has 1 fully saturated rings. The van der Waals surface area contributed by atoms with E-state index in [-0.39, 0.29) is 12.3 Å². The van der Waals surface area contributed by atoms with Gasteiger partial charge in [0.05, 0.1) is 25.9 Å². The van der Waals surface area contributed by atoms with Gasteiger partial charge in [-0.3, -0.25) is 4.79 Å². The van der Waals surface area contributed by atoms with Crippen molar-refractivity contribution in [1.82, 2.24) is 5.32 Å². The number of rotatable bonds is 5. The molecular weight excluding hydrogens is 298 g/mol. The molecule has 23 heavy (non-hydrogen) atoms. The van der Waals surface area contributed by atoms with E-state index in [4.69, 9.17) is 9.47 Å². The Morgan fingerprint density at radius 1 is 1.30 bits per heavy atom. The molecule has 3 atom stereocenters. The maximum Gasteiger partial charge on any atom is 0.220 e. The number of nitrogens with one attached hydrogen (secondary N) is 1. The second kappa shape index (κ2) is 6.37. The fourth-order valence-electron chi connectivity index (χ4n) is 3.45. The predicted molar refractivity (Wildman–Crippen MR) is 85.8 cm³/mol. The third-order valence-electron chi connectivity index (χ3n) is 4.90. The van der Waals surface area contributed by atoms with Gasteiger partial charge in [0.1, 0.15) is 0 Å². The number of aliphatic hydroxyl groups is 2. The molecule has 0 saturated heterocycles. The summed E-state index contributed by atoms with van der Waals surface area (Å²) in [6.45, 7) is 1.60. The SMILES string of the molecule is CNC(=O)C[C@]1(c2ccc(OC)c(OC)c2)CCC(C)(O)[C@@H]1O. The number of amides is 1. The molecule has 0 heterocycles. The number of benzene rings is 1. The molecule has 1 aromatic rings. The fraction of sp³-hybridized carbons (Fsp3) is 0.588. The van der Waals surface area contributed by atoms with Crippen LogP contribution in [0.2, 0.25) is 0 Å². The van der Waals surface area contributed by atoms with Crippen LogP contribution in [0.5, 0.6) is 11.5 Å². The van der Waals surface area contributed by atoms with Crippen molar-refractivity contribution < 1.29 is 24.5 Å². The van der Waals surface area contributed by atoms with E-state index in [0.29, 0.717) is 24.3 Å². The first kappa shape index (κ1) is 17.6. The Bertz CT molecular complexity index is 586. The molecule has 0 aromatic heterocycles. The van der Waals surface area contributed by atoms with Crippen LogP contribution in [0.15, 0.2) is 18.2 Å². The van der Waals surface area contributed by atoms with Gasteiger partial charge >= 0.3 is 0 Å². The zero-order valence-electron chi connectivity index (χ0n) is 14.0. The summed E-state index contributed by atoms with van der Waals surface area (Å²) in [5.74, 6) is 0.919. The highest BCUT2D eigenvalue weighted by molar-refractivity contribution is 5.77. The Kier molecular flexibility index (Phi) is 4.87. The zero-order valence-corrected chi connectivity index (χ0v) is 14.0. The Morgan fingerprint density at radius 3 is 2.43 bits per heavy atom. The lowest BCUT2D eigenvalue weighted by Gasteiger charge is -2.36. The molecule has 1 aromatic carbocycles. The highest BCUT2D eigenvalue weighted by atomic mass is 16.5. The van der Waals surface area contributed by atoms with Gasteiger partial charge in [-0.1, -0.05) is 6.07 Å². The lowest BCUT2D eigenvalue weighted by atomic mass is 9.72. The summed E-state index contributed by atoms with van der Waals surface area (Å²) in [6.07, 6.45) is -0.0368. The molecule has 0 spiro atoms. The maximum atomic E-state index is 12.0. The van der Waals surface area contributed by atoms with Crippen molar-refractivity contribution in [2.45, 2.75) is 43.3 Å². The van der Waals surface area contributed by atoms with Gasteiger partial charge < -0.3 is 25.0 Å². The highest BCUT2D eigenvalue weighted by Crippen LogP contribution is 2.50. The number of ether oxygens (including phenoxy) is 2. The van der Waals surface area contributed by atoms with Gasteiger partial charge in [-0.25, -0.2) is 0 Å². The molecule has 1 saturated carbocycles. The number of carbonyl (C=O) groups is 1. The van der Waals surface area contributed by atoms with Crippen LogP contribution in [0.1, 0.15) is 31.7 Å². The van der Waals surface area contributed by atoms with E-state index in [1.807, 2.05) is 6.07 Å². The molecular formula is C17H25NO5. The van der Waals surface area contributed by atoms with E-state index in [1.54, 1.807) is 33.2 Å². The summed E-state index contributed by atoms with van der Waals surface area (Å²) in [5.41, 5.74) is -1.34. The van der Waals surface area contributed by atoms with Crippen LogP contribution in [0, 0.1) is 0 Å². The lowest BCUT2D eigenvalue weighted by molar-refractivity contribution is -0.124. The molecule has 1 amide bonds. The largest absolute Gasteiger partial charge is 0.493 e. The van der Waals surface area contributed by atoms with Crippen molar-refractivity contribution >= 4 is 5.91 Å². The summed E-state index contributed by atoms with van der Waals surface area (Å²) >= 11 is 0. The molecule has 128 valence electrons. The van der Waals surface area contributed by atoms with Crippen LogP contribution in [0.25, 0.3) is 0 Å². The van der Waals surface area contributed by atoms with Gasteiger partial charge in [0.2, 0.25) is 5.91 Å². The molecule has 0 radical (unpaired) electrons. The maximum absolute atomic E-state index is 12.0. The lowest BCUT2D eigenvalue weighted by Crippen LogP contribution is -2.47. The van der Waals surface area contributed by atoms with Gasteiger partial charge in [-0.2, -0.15) is 0 Å². The number of methoxy groups -OCH3 is 2. The smallest absolute Gasteiger partial charge is 0.220 e. The van der Waals surface area contributed by atoms with Crippen molar-refractivity contribution in [3.63, 3.8) is 0 Å². The van der Waals surface area contributed by atoms with Gasteiger partial charge in [0.25, 0.3) is 0 Å². The normalized spacial score (nSPS) is 30.1. The average Bonchev–Trinajstić information content (AvgIpc) is 2.78. The Balaban J connectivity index is 2.53. The first-order valence-electron chi connectivity index (χ1n) is 7.64. The summed E-state index contributed by atoms with van der Waals surface area (Å²) in [4.78, 5) is 12.0. The standard InChI is InChI=1S/C17H25NO5/c1-16(21)7-8-17(15(16)20,10-14(19)18-2)11-5-6-12(22-3)13(9-11)23-4/h5-6,9,15,20-21H,7-8,10H2,1-4H3,(H,18,19)/t15-,16?,17-/m0/s1. The van der Waals surface area contributed by atoms with Gasteiger partial charge in [-0.15, -0.1) is 0 Å². The molecule has 3 N–H and O–H groups in total. The minimum absolute atomic E-state index is 0.0936. The molecule has 6 nitrogen and oxygen atoms in total. The molecule has 2 rings (SSSR count). The third kappa shape index (κ3) is 3.01. The van der Waals surface area contributed by atoms with Crippen LogP contribution < -0.4 is 14.8 Å².